The Hall–Kier alpha value is -1.74. The van der Waals surface area contributed by atoms with Crippen LogP contribution < -0.4 is 15.4 Å². The van der Waals surface area contributed by atoms with Crippen molar-refractivity contribution in [1.29, 1.82) is 0 Å². The topological polar surface area (TPSA) is 82.6 Å². The van der Waals surface area contributed by atoms with Crippen LogP contribution in [-0.2, 0) is 10.0 Å². The highest BCUT2D eigenvalue weighted by Crippen LogP contribution is 2.25. The summed E-state index contributed by atoms with van der Waals surface area (Å²) in [5, 5.41) is 5.94. The number of aliphatic imine (C=N–C) groups is 1. The summed E-state index contributed by atoms with van der Waals surface area (Å²) in [6, 6.07) is 3.34. The molecule has 146 valence electrons. The molecule has 0 spiro atoms. The van der Waals surface area contributed by atoms with Crippen molar-refractivity contribution in [3.8, 4) is 0 Å². The minimum Gasteiger partial charge on any atom is -0.355 e. The van der Waals surface area contributed by atoms with Crippen LogP contribution in [0.15, 0.2) is 23.2 Å². The van der Waals surface area contributed by atoms with Gasteiger partial charge in [-0.05, 0) is 43.4 Å². The molecule has 1 saturated carbocycles. The number of nitrogens with zero attached hydrogens (tertiary/aromatic N) is 1. The third-order valence-corrected chi connectivity index (χ3v) is 5.85. The maximum atomic E-state index is 13.3. The largest absolute Gasteiger partial charge is 0.355 e. The van der Waals surface area contributed by atoms with E-state index in [-0.39, 0.29) is 18.3 Å². The molecule has 0 amide bonds. The van der Waals surface area contributed by atoms with Gasteiger partial charge in [-0.1, -0.05) is 12.5 Å². The van der Waals surface area contributed by atoms with Crippen molar-refractivity contribution in [3.05, 3.63) is 35.4 Å². The Balaban J connectivity index is 1.78. The second kappa shape index (κ2) is 9.27. The van der Waals surface area contributed by atoms with Crippen LogP contribution in [0.3, 0.4) is 0 Å². The van der Waals surface area contributed by atoms with Gasteiger partial charge in [-0.2, -0.15) is 0 Å². The summed E-state index contributed by atoms with van der Waals surface area (Å²) in [7, 11) is -1.78. The molecule has 26 heavy (non-hydrogen) atoms. The third kappa shape index (κ3) is 6.21. The first-order valence-electron chi connectivity index (χ1n) is 8.70. The molecule has 1 aromatic rings. The Morgan fingerprint density at radius 1 is 1.31 bits per heavy atom. The van der Waals surface area contributed by atoms with Gasteiger partial charge >= 0.3 is 0 Å². The zero-order valence-electron chi connectivity index (χ0n) is 15.1. The van der Waals surface area contributed by atoms with Crippen LogP contribution in [0.1, 0.15) is 37.8 Å². The summed E-state index contributed by atoms with van der Waals surface area (Å²) in [6.45, 7) is 2.46. The maximum Gasteiger partial charge on any atom is 0.213 e. The fraction of sp³-hybridized carbons (Fsp3) is 0.588. The average molecular weight is 388 g/mol. The van der Waals surface area contributed by atoms with Crippen molar-refractivity contribution in [3.63, 3.8) is 0 Å². The SMILES string of the molecule is CN=C(NCCS(=O)(=O)NCC1CCC1)NC(C)c1ccc(F)c(F)c1. The fourth-order valence-electron chi connectivity index (χ4n) is 2.58. The molecular formula is C17H26F2N4O2S. The summed E-state index contributed by atoms with van der Waals surface area (Å²) in [4.78, 5) is 4.02. The number of guanidine groups is 1. The average Bonchev–Trinajstić information content (AvgIpc) is 2.54. The number of sulfonamides is 1. The zero-order valence-corrected chi connectivity index (χ0v) is 15.9. The summed E-state index contributed by atoms with van der Waals surface area (Å²) >= 11 is 0. The predicted molar refractivity (Wildman–Crippen MR) is 98.4 cm³/mol. The van der Waals surface area contributed by atoms with E-state index < -0.39 is 21.7 Å². The molecule has 2 rings (SSSR count). The maximum absolute atomic E-state index is 13.3. The number of hydrogen-bond donors (Lipinski definition) is 3. The molecule has 1 aliphatic rings. The minimum absolute atomic E-state index is 0.0695. The number of halogens is 2. The molecule has 1 aromatic carbocycles. The van der Waals surface area contributed by atoms with E-state index in [2.05, 4.69) is 20.3 Å². The van der Waals surface area contributed by atoms with Gasteiger partial charge < -0.3 is 10.6 Å². The van der Waals surface area contributed by atoms with Crippen LogP contribution >= 0.6 is 0 Å². The lowest BCUT2D eigenvalue weighted by Crippen LogP contribution is -2.42. The third-order valence-electron chi connectivity index (χ3n) is 4.50. The molecule has 0 radical (unpaired) electrons. The van der Waals surface area contributed by atoms with Crippen molar-refractivity contribution in [1.82, 2.24) is 15.4 Å². The number of benzene rings is 1. The van der Waals surface area contributed by atoms with Crippen molar-refractivity contribution in [2.24, 2.45) is 10.9 Å². The van der Waals surface area contributed by atoms with Crippen LogP contribution in [0, 0.1) is 17.6 Å². The lowest BCUT2D eigenvalue weighted by Gasteiger charge is -2.25. The molecule has 1 fully saturated rings. The molecule has 0 heterocycles. The quantitative estimate of drug-likeness (QED) is 0.469. The summed E-state index contributed by atoms with van der Waals surface area (Å²) in [5.41, 5.74) is 0.557. The van der Waals surface area contributed by atoms with Gasteiger partial charge in [-0.15, -0.1) is 0 Å². The van der Waals surface area contributed by atoms with E-state index in [4.69, 9.17) is 0 Å². The van der Waals surface area contributed by atoms with Gasteiger partial charge in [0.2, 0.25) is 10.0 Å². The molecule has 1 unspecified atom stereocenters. The molecule has 1 atom stereocenters. The summed E-state index contributed by atoms with van der Waals surface area (Å²) in [6.07, 6.45) is 3.34. The van der Waals surface area contributed by atoms with Crippen molar-refractivity contribution in [2.75, 3.05) is 25.9 Å². The van der Waals surface area contributed by atoms with E-state index in [1.54, 1.807) is 14.0 Å². The predicted octanol–water partition coefficient (Wildman–Crippen LogP) is 1.91. The standard InChI is InChI=1S/C17H26F2N4O2S/c1-12(14-6-7-15(18)16(19)10-14)23-17(20-2)21-8-9-26(24,25)22-11-13-4-3-5-13/h6-7,10,12-13,22H,3-5,8-9,11H2,1-2H3,(H2,20,21,23). The molecule has 9 heteroatoms. The Labute approximate surface area is 153 Å². The van der Waals surface area contributed by atoms with Gasteiger partial charge in [-0.3, -0.25) is 4.99 Å². The van der Waals surface area contributed by atoms with E-state index in [9.17, 15) is 17.2 Å². The first kappa shape index (κ1) is 20.6. The highest BCUT2D eigenvalue weighted by atomic mass is 32.2. The van der Waals surface area contributed by atoms with Gasteiger partial charge in [0.15, 0.2) is 17.6 Å². The highest BCUT2D eigenvalue weighted by molar-refractivity contribution is 7.89. The van der Waals surface area contributed by atoms with Crippen molar-refractivity contribution >= 4 is 16.0 Å². The van der Waals surface area contributed by atoms with Crippen LogP contribution in [-0.4, -0.2) is 40.3 Å². The van der Waals surface area contributed by atoms with E-state index in [0.29, 0.717) is 24.0 Å². The normalized spacial score (nSPS) is 16.8. The Bertz CT molecular complexity index is 736. The Morgan fingerprint density at radius 3 is 2.62 bits per heavy atom. The molecule has 0 aliphatic heterocycles. The van der Waals surface area contributed by atoms with Crippen LogP contribution in [0.25, 0.3) is 0 Å². The summed E-state index contributed by atoms with van der Waals surface area (Å²) < 4.78 is 52.9. The van der Waals surface area contributed by atoms with E-state index in [0.717, 1.165) is 25.0 Å². The second-order valence-electron chi connectivity index (χ2n) is 6.50. The van der Waals surface area contributed by atoms with Gasteiger partial charge in [0.05, 0.1) is 11.8 Å². The second-order valence-corrected chi connectivity index (χ2v) is 8.43. The molecular weight excluding hydrogens is 362 g/mol. The molecule has 6 nitrogen and oxygen atoms in total. The molecule has 3 N–H and O–H groups in total. The minimum atomic E-state index is -3.33. The monoisotopic (exact) mass is 388 g/mol. The van der Waals surface area contributed by atoms with Crippen LogP contribution in [0.5, 0.6) is 0 Å². The number of rotatable bonds is 8. The van der Waals surface area contributed by atoms with Gasteiger partial charge in [0.25, 0.3) is 0 Å². The van der Waals surface area contributed by atoms with Gasteiger partial charge in [0, 0.05) is 20.1 Å². The van der Waals surface area contributed by atoms with E-state index in [1.165, 1.54) is 12.5 Å². The molecule has 0 saturated heterocycles. The number of nitrogens with one attached hydrogen (secondary N) is 3. The van der Waals surface area contributed by atoms with E-state index in [1.807, 2.05) is 0 Å². The Kier molecular flexibility index (Phi) is 7.33. The van der Waals surface area contributed by atoms with Crippen LogP contribution in [0.4, 0.5) is 8.78 Å². The van der Waals surface area contributed by atoms with E-state index >= 15 is 0 Å². The van der Waals surface area contributed by atoms with Crippen molar-refractivity contribution in [2.45, 2.75) is 32.2 Å². The lowest BCUT2D eigenvalue weighted by molar-refractivity contribution is 0.316. The lowest BCUT2D eigenvalue weighted by atomic mass is 9.86. The molecule has 0 aromatic heterocycles. The molecule has 0 bridgehead atoms. The first-order valence-corrected chi connectivity index (χ1v) is 10.4. The van der Waals surface area contributed by atoms with Crippen molar-refractivity contribution < 1.29 is 17.2 Å². The number of hydrogen-bond acceptors (Lipinski definition) is 3. The van der Waals surface area contributed by atoms with Crippen LogP contribution in [0.2, 0.25) is 0 Å². The van der Waals surface area contributed by atoms with Gasteiger partial charge in [-0.25, -0.2) is 21.9 Å². The zero-order chi connectivity index (χ0) is 19.2. The Morgan fingerprint density at radius 2 is 2.04 bits per heavy atom. The molecule has 1 aliphatic carbocycles. The first-order chi connectivity index (χ1) is 12.3. The summed E-state index contributed by atoms with van der Waals surface area (Å²) in [5.74, 6) is -1.04. The smallest absolute Gasteiger partial charge is 0.213 e. The fourth-order valence-corrected chi connectivity index (χ4v) is 3.59. The van der Waals surface area contributed by atoms with Gasteiger partial charge in [0.1, 0.15) is 0 Å². The highest BCUT2D eigenvalue weighted by Gasteiger charge is 2.20.